The maximum absolute atomic E-state index is 12.7. The van der Waals surface area contributed by atoms with E-state index in [0.717, 1.165) is 44.0 Å². The molecule has 1 aromatic carbocycles. The van der Waals surface area contributed by atoms with Crippen LogP contribution in [0.2, 0.25) is 0 Å². The quantitative estimate of drug-likeness (QED) is 0.756. The number of piperazine rings is 1. The highest BCUT2D eigenvalue weighted by Gasteiger charge is 2.28. The van der Waals surface area contributed by atoms with E-state index in [4.69, 9.17) is 4.74 Å². The molecule has 0 bridgehead atoms. The Morgan fingerprint density at radius 3 is 2.38 bits per heavy atom. The van der Waals surface area contributed by atoms with E-state index < -0.39 is 0 Å². The summed E-state index contributed by atoms with van der Waals surface area (Å²) < 4.78 is 5.78. The predicted octanol–water partition coefficient (Wildman–Crippen LogP) is 3.07. The van der Waals surface area contributed by atoms with Gasteiger partial charge in [-0.2, -0.15) is 0 Å². The molecule has 0 radical (unpaired) electrons. The molecule has 0 aromatic heterocycles. The number of hydrogen-bond donors (Lipinski definition) is 1. The van der Waals surface area contributed by atoms with Crippen LogP contribution in [0.4, 0.5) is 0 Å². The zero-order chi connectivity index (χ0) is 17.5. The topological polar surface area (TPSA) is 44.8 Å². The highest BCUT2D eigenvalue weighted by Crippen LogP contribution is 2.17. The summed E-state index contributed by atoms with van der Waals surface area (Å²) in [7, 11) is 0. The third-order valence-electron chi connectivity index (χ3n) is 4.97. The zero-order valence-electron chi connectivity index (χ0n) is 16.2. The highest BCUT2D eigenvalue weighted by atomic mass is 35.5. The van der Waals surface area contributed by atoms with Crippen molar-refractivity contribution in [2.24, 2.45) is 0 Å². The molecule has 0 spiro atoms. The third-order valence-corrected chi connectivity index (χ3v) is 4.97. The lowest BCUT2D eigenvalue weighted by atomic mass is 10.1. The van der Waals surface area contributed by atoms with E-state index >= 15 is 0 Å². The summed E-state index contributed by atoms with van der Waals surface area (Å²) in [6.45, 7) is 13.8. The number of carbonyl (C=O) groups excluding carboxylic acids is 1. The van der Waals surface area contributed by atoms with Crippen LogP contribution in [0.15, 0.2) is 24.3 Å². The maximum atomic E-state index is 12.7. The smallest absolute Gasteiger partial charge is 0.254 e. The largest absolute Gasteiger partial charge is 0.492 e. The minimum atomic E-state index is 0. The van der Waals surface area contributed by atoms with E-state index in [1.54, 1.807) is 0 Å². The fourth-order valence-electron chi connectivity index (χ4n) is 3.04. The second kappa shape index (κ2) is 12.4. The third kappa shape index (κ3) is 6.62. The van der Waals surface area contributed by atoms with Crippen LogP contribution in [0.1, 0.15) is 38.1 Å². The van der Waals surface area contributed by atoms with Gasteiger partial charge in [0.2, 0.25) is 0 Å². The Kier molecular flexibility index (Phi) is 11.9. The number of likely N-dealkylation sites (N-methyl/N-ethyl adjacent to an activating group) is 1. The number of nitrogens with one attached hydrogen (secondary N) is 1. The summed E-state index contributed by atoms with van der Waals surface area (Å²) in [6, 6.07) is 8.06. The Labute approximate surface area is 170 Å². The Morgan fingerprint density at radius 1 is 1.19 bits per heavy atom. The average molecular weight is 406 g/mol. The van der Waals surface area contributed by atoms with Crippen LogP contribution >= 0.6 is 24.8 Å². The molecule has 1 saturated heterocycles. The van der Waals surface area contributed by atoms with E-state index in [1.807, 2.05) is 29.2 Å². The monoisotopic (exact) mass is 405 g/mol. The van der Waals surface area contributed by atoms with Crippen molar-refractivity contribution in [2.45, 2.75) is 39.8 Å². The Hall–Kier alpha value is -1.01. The minimum absolute atomic E-state index is 0. The first-order valence-corrected chi connectivity index (χ1v) is 9.06. The molecule has 1 aliphatic heterocycles. The first-order chi connectivity index (χ1) is 11.6. The molecule has 7 heteroatoms. The fourth-order valence-corrected chi connectivity index (χ4v) is 3.04. The molecular weight excluding hydrogens is 373 g/mol. The summed E-state index contributed by atoms with van der Waals surface area (Å²) in [5, 5.41) is 3.40. The molecule has 1 heterocycles. The summed E-state index contributed by atoms with van der Waals surface area (Å²) in [5.41, 5.74) is 0.729. The van der Waals surface area contributed by atoms with Crippen molar-refractivity contribution in [1.29, 1.82) is 0 Å². The number of rotatable bonds is 7. The summed E-state index contributed by atoms with van der Waals surface area (Å²) in [4.78, 5) is 17.0. The Bertz CT molecular complexity index is 524. The van der Waals surface area contributed by atoms with Gasteiger partial charge in [-0.1, -0.05) is 13.8 Å². The van der Waals surface area contributed by atoms with Crippen LogP contribution < -0.4 is 10.1 Å². The van der Waals surface area contributed by atoms with E-state index in [0.29, 0.717) is 12.6 Å². The van der Waals surface area contributed by atoms with Gasteiger partial charge < -0.3 is 19.9 Å². The molecule has 1 aliphatic rings. The van der Waals surface area contributed by atoms with Crippen LogP contribution in [0, 0.1) is 0 Å². The summed E-state index contributed by atoms with van der Waals surface area (Å²) in [6.07, 6.45) is 0. The molecular formula is C19H33Cl2N3O2. The van der Waals surface area contributed by atoms with Crippen molar-refractivity contribution in [1.82, 2.24) is 15.1 Å². The lowest BCUT2D eigenvalue weighted by Crippen LogP contribution is -2.57. The van der Waals surface area contributed by atoms with Gasteiger partial charge in [0.25, 0.3) is 5.91 Å². The standard InChI is InChI=1S/C19H31N3O2.2ClH/c1-5-21(6-2)13-14-24-18-9-7-17(8-10-18)19(23)22-12-11-20-15(3)16(22)4;;/h7-10,15-16,20H,5-6,11-14H2,1-4H3;2*1H. The van der Waals surface area contributed by atoms with Gasteiger partial charge in [-0.25, -0.2) is 0 Å². The van der Waals surface area contributed by atoms with Gasteiger partial charge in [0.05, 0.1) is 0 Å². The van der Waals surface area contributed by atoms with Crippen LogP contribution in [-0.2, 0) is 0 Å². The minimum Gasteiger partial charge on any atom is -0.492 e. The number of halogens is 2. The van der Waals surface area contributed by atoms with Crippen molar-refractivity contribution in [3.8, 4) is 5.75 Å². The molecule has 0 saturated carbocycles. The van der Waals surface area contributed by atoms with Crippen molar-refractivity contribution in [2.75, 3.05) is 39.3 Å². The van der Waals surface area contributed by atoms with Crippen LogP contribution in [-0.4, -0.2) is 67.1 Å². The number of amides is 1. The number of carbonyl (C=O) groups is 1. The maximum Gasteiger partial charge on any atom is 0.254 e. The molecule has 26 heavy (non-hydrogen) atoms. The van der Waals surface area contributed by atoms with E-state index in [9.17, 15) is 4.79 Å². The first-order valence-electron chi connectivity index (χ1n) is 9.06. The SMILES string of the molecule is CCN(CC)CCOc1ccc(C(=O)N2CCNC(C)C2C)cc1.Cl.Cl. The van der Waals surface area contributed by atoms with E-state index in [1.165, 1.54) is 0 Å². The lowest BCUT2D eigenvalue weighted by Gasteiger charge is -2.38. The van der Waals surface area contributed by atoms with Crippen molar-refractivity contribution < 1.29 is 9.53 Å². The van der Waals surface area contributed by atoms with Gasteiger partial charge in [-0.15, -0.1) is 24.8 Å². The van der Waals surface area contributed by atoms with Gasteiger partial charge in [0.1, 0.15) is 12.4 Å². The normalized spacial score (nSPS) is 19.5. The molecule has 2 unspecified atom stereocenters. The number of ether oxygens (including phenoxy) is 1. The molecule has 1 fully saturated rings. The first kappa shape index (κ1) is 25.0. The van der Waals surface area contributed by atoms with Crippen molar-refractivity contribution in [3.05, 3.63) is 29.8 Å². The molecule has 1 N–H and O–H groups in total. The second-order valence-electron chi connectivity index (χ2n) is 6.38. The van der Waals surface area contributed by atoms with Crippen LogP contribution in [0.3, 0.4) is 0 Å². The molecule has 2 atom stereocenters. The van der Waals surface area contributed by atoms with Gasteiger partial charge in [-0.3, -0.25) is 4.79 Å². The van der Waals surface area contributed by atoms with Gasteiger partial charge >= 0.3 is 0 Å². The van der Waals surface area contributed by atoms with Gasteiger partial charge in [0.15, 0.2) is 0 Å². The van der Waals surface area contributed by atoms with Crippen LogP contribution in [0.25, 0.3) is 0 Å². The molecule has 1 aromatic rings. The van der Waals surface area contributed by atoms with Crippen molar-refractivity contribution >= 4 is 30.7 Å². The van der Waals surface area contributed by atoms with Gasteiger partial charge in [0, 0.05) is 37.3 Å². The lowest BCUT2D eigenvalue weighted by molar-refractivity contribution is 0.0603. The molecule has 0 aliphatic carbocycles. The average Bonchev–Trinajstić information content (AvgIpc) is 2.61. The highest BCUT2D eigenvalue weighted by molar-refractivity contribution is 5.94. The van der Waals surface area contributed by atoms with E-state index in [-0.39, 0.29) is 36.8 Å². The predicted molar refractivity (Wildman–Crippen MR) is 112 cm³/mol. The Balaban J connectivity index is 0.00000312. The molecule has 150 valence electrons. The number of hydrogen-bond acceptors (Lipinski definition) is 4. The second-order valence-corrected chi connectivity index (χ2v) is 6.38. The summed E-state index contributed by atoms with van der Waals surface area (Å²) in [5.74, 6) is 0.922. The molecule has 5 nitrogen and oxygen atoms in total. The zero-order valence-corrected chi connectivity index (χ0v) is 17.9. The molecule has 1 amide bonds. The van der Waals surface area contributed by atoms with E-state index in [2.05, 4.69) is 37.9 Å². The van der Waals surface area contributed by atoms with Gasteiger partial charge in [-0.05, 0) is 51.2 Å². The van der Waals surface area contributed by atoms with Crippen LogP contribution in [0.5, 0.6) is 5.75 Å². The Morgan fingerprint density at radius 2 is 1.81 bits per heavy atom. The molecule has 2 rings (SSSR count). The fraction of sp³-hybridized carbons (Fsp3) is 0.632. The number of benzene rings is 1. The van der Waals surface area contributed by atoms with Crippen molar-refractivity contribution in [3.63, 3.8) is 0 Å². The summed E-state index contributed by atoms with van der Waals surface area (Å²) >= 11 is 0. The number of nitrogens with zero attached hydrogens (tertiary/aromatic N) is 2.